The molecule has 1 atom stereocenters. The highest BCUT2D eigenvalue weighted by molar-refractivity contribution is 6.30. The summed E-state index contributed by atoms with van der Waals surface area (Å²) in [5.41, 5.74) is -0.746. The van der Waals surface area contributed by atoms with Gasteiger partial charge in [-0.05, 0) is 58.2 Å². The molecule has 1 aliphatic rings. The van der Waals surface area contributed by atoms with Crippen LogP contribution in [-0.4, -0.2) is 59.1 Å². The van der Waals surface area contributed by atoms with Crippen molar-refractivity contribution in [3.8, 4) is 0 Å². The zero-order valence-corrected chi connectivity index (χ0v) is 19.1. The van der Waals surface area contributed by atoms with Crippen molar-refractivity contribution in [3.05, 3.63) is 34.9 Å². The molecule has 30 heavy (non-hydrogen) atoms. The summed E-state index contributed by atoms with van der Waals surface area (Å²) in [6.07, 6.45) is 0.722. The van der Waals surface area contributed by atoms with Crippen LogP contribution in [0.3, 0.4) is 0 Å². The lowest BCUT2D eigenvalue weighted by molar-refractivity contribution is -0.152. The maximum atomic E-state index is 13.5. The smallest absolute Gasteiger partial charge is 0.411 e. The Bertz CT molecular complexity index is 792. The molecule has 1 aromatic carbocycles. The molecule has 1 fully saturated rings. The van der Waals surface area contributed by atoms with Crippen LogP contribution in [-0.2, 0) is 25.6 Å². The zero-order chi connectivity index (χ0) is 22.5. The molecule has 1 heterocycles. The van der Waals surface area contributed by atoms with E-state index in [9.17, 15) is 14.4 Å². The molecular formula is C22H31ClN2O5. The van der Waals surface area contributed by atoms with Crippen LogP contribution in [0.5, 0.6) is 0 Å². The number of halogens is 1. The lowest BCUT2D eigenvalue weighted by Crippen LogP contribution is -2.68. The summed E-state index contributed by atoms with van der Waals surface area (Å²) in [4.78, 5) is 40.7. The Morgan fingerprint density at radius 3 is 2.50 bits per heavy atom. The minimum absolute atomic E-state index is 0.176. The quantitative estimate of drug-likeness (QED) is 0.601. The van der Waals surface area contributed by atoms with Crippen LogP contribution in [0.25, 0.3) is 0 Å². The summed E-state index contributed by atoms with van der Waals surface area (Å²) >= 11 is 6.09. The van der Waals surface area contributed by atoms with Gasteiger partial charge in [0.05, 0.1) is 7.11 Å². The monoisotopic (exact) mass is 438 g/mol. The number of amides is 2. The van der Waals surface area contributed by atoms with E-state index in [4.69, 9.17) is 21.1 Å². The number of hydrogen-bond donors (Lipinski definition) is 0. The number of carbonyl (C=O) groups is 3. The van der Waals surface area contributed by atoms with Crippen LogP contribution in [0.4, 0.5) is 4.79 Å². The fourth-order valence-corrected chi connectivity index (χ4v) is 3.57. The third-order valence-electron chi connectivity index (χ3n) is 5.08. The molecule has 2 amide bonds. The summed E-state index contributed by atoms with van der Waals surface area (Å²) < 4.78 is 10.2. The summed E-state index contributed by atoms with van der Waals surface area (Å²) in [6.45, 7) is 8.29. The first-order valence-electron chi connectivity index (χ1n) is 10.1. The van der Waals surface area contributed by atoms with Crippen molar-refractivity contribution in [1.29, 1.82) is 0 Å². The second-order valence-corrected chi connectivity index (χ2v) is 9.13. The van der Waals surface area contributed by atoms with Crippen molar-refractivity contribution < 1.29 is 23.9 Å². The Balaban J connectivity index is 2.17. The molecule has 0 radical (unpaired) electrons. The molecule has 0 spiro atoms. The van der Waals surface area contributed by atoms with Gasteiger partial charge in [0.15, 0.2) is 0 Å². The Kier molecular flexibility index (Phi) is 7.75. The van der Waals surface area contributed by atoms with Crippen molar-refractivity contribution in [3.63, 3.8) is 0 Å². The Hall–Kier alpha value is -2.28. The summed E-state index contributed by atoms with van der Waals surface area (Å²) in [6, 6.07) is 7.29. The molecule has 7 nitrogen and oxygen atoms in total. The highest BCUT2D eigenvalue weighted by atomic mass is 35.5. The van der Waals surface area contributed by atoms with Crippen LogP contribution in [0, 0.1) is 0 Å². The lowest BCUT2D eigenvalue weighted by Gasteiger charge is -2.50. The van der Waals surface area contributed by atoms with Gasteiger partial charge in [0.25, 0.3) is 0 Å². The molecule has 2 rings (SSSR count). The van der Waals surface area contributed by atoms with Gasteiger partial charge in [-0.3, -0.25) is 14.5 Å². The largest absolute Gasteiger partial charge is 0.469 e. The van der Waals surface area contributed by atoms with Crippen LogP contribution in [0.1, 0.15) is 52.5 Å². The number of likely N-dealkylation sites (tertiary alicyclic amines) is 1. The maximum Gasteiger partial charge on any atom is 0.411 e. The summed E-state index contributed by atoms with van der Waals surface area (Å²) in [5.74, 6) is -0.500. The second kappa shape index (κ2) is 9.69. The van der Waals surface area contributed by atoms with E-state index in [0.29, 0.717) is 37.5 Å². The summed E-state index contributed by atoms with van der Waals surface area (Å²) in [5, 5.41) is 0.583. The normalized spacial score (nSPS) is 18.4. The molecule has 0 aromatic heterocycles. The van der Waals surface area contributed by atoms with Gasteiger partial charge in [-0.25, -0.2) is 4.79 Å². The average molecular weight is 439 g/mol. The molecule has 1 saturated heterocycles. The van der Waals surface area contributed by atoms with Crippen molar-refractivity contribution in [2.45, 2.75) is 64.6 Å². The predicted molar refractivity (Wildman–Crippen MR) is 114 cm³/mol. The topological polar surface area (TPSA) is 76.2 Å². The maximum absolute atomic E-state index is 13.5. The molecule has 0 bridgehead atoms. The molecule has 0 saturated carbocycles. The predicted octanol–water partition coefficient (Wildman–Crippen LogP) is 4.02. The van der Waals surface area contributed by atoms with Gasteiger partial charge in [-0.15, -0.1) is 0 Å². The fourth-order valence-electron chi connectivity index (χ4n) is 3.36. The van der Waals surface area contributed by atoms with Gasteiger partial charge in [-0.2, -0.15) is 0 Å². The van der Waals surface area contributed by atoms with E-state index in [-0.39, 0.29) is 18.3 Å². The van der Waals surface area contributed by atoms with Crippen molar-refractivity contribution in [1.82, 2.24) is 9.80 Å². The van der Waals surface area contributed by atoms with Gasteiger partial charge in [0, 0.05) is 31.1 Å². The standard InChI is InChI=1S/C22H31ClN2O5/c1-21(2,3)30-20(28)25-13-11-22(25,4)19(27)24(12-7-10-18(26)29-5)15-16-8-6-9-17(23)14-16/h6,8-9,14H,7,10-13,15H2,1-5H3. The van der Waals surface area contributed by atoms with Gasteiger partial charge < -0.3 is 14.4 Å². The molecule has 1 aliphatic heterocycles. The van der Waals surface area contributed by atoms with Crippen molar-refractivity contribution in [2.75, 3.05) is 20.2 Å². The number of carbonyl (C=O) groups excluding carboxylic acids is 3. The molecule has 0 N–H and O–H groups in total. The van der Waals surface area contributed by atoms with Gasteiger partial charge >= 0.3 is 12.1 Å². The van der Waals surface area contributed by atoms with Gasteiger partial charge in [0.1, 0.15) is 11.1 Å². The SMILES string of the molecule is COC(=O)CCCN(Cc1cccc(Cl)c1)C(=O)C1(C)CCN1C(=O)OC(C)(C)C. The molecule has 166 valence electrons. The van der Waals surface area contributed by atoms with E-state index in [1.807, 2.05) is 12.1 Å². The number of nitrogens with zero attached hydrogens (tertiary/aromatic N) is 2. The first-order valence-corrected chi connectivity index (χ1v) is 10.5. The Morgan fingerprint density at radius 1 is 1.27 bits per heavy atom. The van der Waals surface area contributed by atoms with Crippen LogP contribution in [0.2, 0.25) is 5.02 Å². The zero-order valence-electron chi connectivity index (χ0n) is 18.4. The summed E-state index contributed by atoms with van der Waals surface area (Å²) in [7, 11) is 1.34. The van der Waals surface area contributed by atoms with E-state index in [1.54, 1.807) is 44.7 Å². The molecule has 0 aliphatic carbocycles. The number of benzene rings is 1. The second-order valence-electron chi connectivity index (χ2n) is 8.69. The van der Waals surface area contributed by atoms with Crippen molar-refractivity contribution in [2.24, 2.45) is 0 Å². The minimum atomic E-state index is -0.980. The number of methoxy groups -OCH3 is 1. The minimum Gasteiger partial charge on any atom is -0.469 e. The van der Waals surface area contributed by atoms with Crippen LogP contribution in [0.15, 0.2) is 24.3 Å². The van der Waals surface area contributed by atoms with Gasteiger partial charge in [0.2, 0.25) is 5.91 Å². The highest BCUT2D eigenvalue weighted by Gasteiger charge is 2.52. The van der Waals surface area contributed by atoms with Crippen LogP contribution < -0.4 is 0 Å². The number of rotatable bonds is 7. The van der Waals surface area contributed by atoms with E-state index in [0.717, 1.165) is 5.56 Å². The first kappa shape index (κ1) is 24.0. The molecule has 1 unspecified atom stereocenters. The van der Waals surface area contributed by atoms with E-state index < -0.39 is 17.2 Å². The molecule has 1 aromatic rings. The third-order valence-corrected chi connectivity index (χ3v) is 5.31. The fraction of sp³-hybridized carbons (Fsp3) is 0.591. The first-order chi connectivity index (χ1) is 14.0. The average Bonchev–Trinajstić information content (AvgIpc) is 2.63. The van der Waals surface area contributed by atoms with E-state index in [2.05, 4.69) is 0 Å². The van der Waals surface area contributed by atoms with E-state index >= 15 is 0 Å². The number of hydrogen-bond acceptors (Lipinski definition) is 5. The van der Waals surface area contributed by atoms with Crippen LogP contribution >= 0.6 is 11.6 Å². The highest BCUT2D eigenvalue weighted by Crippen LogP contribution is 2.34. The number of esters is 1. The number of ether oxygens (including phenoxy) is 2. The van der Waals surface area contributed by atoms with E-state index in [1.165, 1.54) is 12.0 Å². The lowest BCUT2D eigenvalue weighted by atomic mass is 9.85. The van der Waals surface area contributed by atoms with Crippen molar-refractivity contribution >= 4 is 29.6 Å². The molecular weight excluding hydrogens is 408 g/mol. The van der Waals surface area contributed by atoms with Gasteiger partial charge in [-0.1, -0.05) is 23.7 Å². The third kappa shape index (κ3) is 6.11. The molecule has 8 heteroatoms. The Morgan fingerprint density at radius 2 is 1.97 bits per heavy atom. The Labute approximate surface area is 183 Å².